The minimum absolute atomic E-state index is 0.0816. The second-order valence-electron chi connectivity index (χ2n) is 6.21. The van der Waals surface area contributed by atoms with E-state index in [1.807, 2.05) is 0 Å². The number of aromatic amines is 1. The molecule has 7 heteroatoms. The molecular formula is C20H20FN3O3. The maximum absolute atomic E-state index is 13.6. The lowest BCUT2D eigenvalue weighted by molar-refractivity contribution is 0.0674. The summed E-state index contributed by atoms with van der Waals surface area (Å²) in [5.41, 5.74) is 1.23. The number of aromatic nitrogens is 2. The number of H-pyrrole nitrogens is 1. The Kier molecular flexibility index (Phi) is 5.61. The molecule has 1 aromatic heterocycles. The number of carbonyl (C=O) groups excluding carboxylic acids is 1. The summed E-state index contributed by atoms with van der Waals surface area (Å²) in [7, 11) is 1.53. The van der Waals surface area contributed by atoms with E-state index in [9.17, 15) is 14.0 Å². The summed E-state index contributed by atoms with van der Waals surface area (Å²) in [6, 6.07) is 11.1. The van der Waals surface area contributed by atoms with E-state index in [0.29, 0.717) is 28.9 Å². The molecule has 0 fully saturated rings. The zero-order valence-electron chi connectivity index (χ0n) is 15.2. The van der Waals surface area contributed by atoms with Crippen LogP contribution in [0.25, 0.3) is 10.9 Å². The fourth-order valence-electron chi connectivity index (χ4n) is 2.84. The third-order valence-corrected chi connectivity index (χ3v) is 4.29. The highest BCUT2D eigenvalue weighted by Gasteiger charge is 2.20. The Morgan fingerprint density at radius 2 is 2.04 bits per heavy atom. The van der Waals surface area contributed by atoms with E-state index in [4.69, 9.17) is 4.74 Å². The summed E-state index contributed by atoms with van der Waals surface area (Å²) < 4.78 is 18.7. The molecule has 0 saturated carbocycles. The molecule has 6 nitrogen and oxygen atoms in total. The molecule has 1 N–H and O–H groups in total. The predicted octanol–water partition coefficient (Wildman–Crippen LogP) is 2.66. The number of methoxy groups -OCH3 is 1. The van der Waals surface area contributed by atoms with Crippen LogP contribution in [0.15, 0.2) is 47.3 Å². The largest absolute Gasteiger partial charge is 0.383 e. The quantitative estimate of drug-likeness (QED) is 0.725. The molecule has 1 heterocycles. The smallest absolute Gasteiger partial charge is 0.258 e. The average molecular weight is 369 g/mol. The van der Waals surface area contributed by atoms with Crippen LogP contribution in [0.2, 0.25) is 0 Å². The average Bonchev–Trinajstić information content (AvgIpc) is 2.66. The number of ether oxygens (including phenoxy) is 1. The number of hydrogen-bond donors (Lipinski definition) is 1. The topological polar surface area (TPSA) is 75.3 Å². The number of amides is 1. The van der Waals surface area contributed by atoms with Gasteiger partial charge in [0, 0.05) is 19.2 Å². The van der Waals surface area contributed by atoms with E-state index in [0.717, 1.165) is 0 Å². The molecule has 0 atom stereocenters. The highest BCUT2D eigenvalue weighted by Crippen LogP contribution is 2.15. The van der Waals surface area contributed by atoms with Gasteiger partial charge in [-0.2, -0.15) is 0 Å². The highest BCUT2D eigenvalue weighted by atomic mass is 19.1. The Labute approximate surface area is 155 Å². The van der Waals surface area contributed by atoms with Gasteiger partial charge in [-0.15, -0.1) is 0 Å². The molecule has 0 saturated heterocycles. The summed E-state index contributed by atoms with van der Waals surface area (Å²) in [5.74, 6) is -0.468. The number of fused-ring (bicyclic) bond motifs is 1. The monoisotopic (exact) mass is 369 g/mol. The van der Waals surface area contributed by atoms with Gasteiger partial charge in [0.25, 0.3) is 11.5 Å². The van der Waals surface area contributed by atoms with E-state index in [1.54, 1.807) is 37.3 Å². The molecule has 3 aromatic rings. The first-order valence-corrected chi connectivity index (χ1v) is 8.52. The molecule has 2 aromatic carbocycles. The third kappa shape index (κ3) is 4.20. The van der Waals surface area contributed by atoms with Crippen LogP contribution in [0.3, 0.4) is 0 Å². The third-order valence-electron chi connectivity index (χ3n) is 4.29. The van der Waals surface area contributed by atoms with E-state index in [2.05, 4.69) is 9.97 Å². The lowest BCUT2D eigenvalue weighted by Gasteiger charge is -2.23. The summed E-state index contributed by atoms with van der Waals surface area (Å²) >= 11 is 0. The standard InChI is InChI=1S/C20H20FN3O3/c1-13-7-8-14(21)11-16(13)20(26)24(9-10-27-2)12-18-22-17-6-4-3-5-15(17)19(25)23-18/h3-8,11H,9-10,12H2,1-2H3,(H,22,23,25). The summed E-state index contributed by atoms with van der Waals surface area (Å²) in [6.07, 6.45) is 0. The van der Waals surface area contributed by atoms with E-state index in [1.165, 1.54) is 24.1 Å². The highest BCUT2D eigenvalue weighted by molar-refractivity contribution is 5.95. The molecule has 3 rings (SSSR count). The predicted molar refractivity (Wildman–Crippen MR) is 100 cm³/mol. The Morgan fingerprint density at radius 1 is 1.26 bits per heavy atom. The number of nitrogens with one attached hydrogen (secondary N) is 1. The number of para-hydroxylation sites is 1. The SMILES string of the molecule is COCCN(Cc1nc2ccccc2c(=O)[nH]1)C(=O)c1cc(F)ccc1C. The molecule has 0 unspecified atom stereocenters. The first kappa shape index (κ1) is 18.7. The van der Waals surface area contributed by atoms with Crippen molar-refractivity contribution in [2.45, 2.75) is 13.5 Å². The van der Waals surface area contributed by atoms with Gasteiger partial charge in [-0.3, -0.25) is 9.59 Å². The number of halogens is 1. The van der Waals surface area contributed by atoms with Gasteiger partial charge in [-0.05, 0) is 36.8 Å². The van der Waals surface area contributed by atoms with Gasteiger partial charge in [0.05, 0.1) is 24.1 Å². The fourth-order valence-corrected chi connectivity index (χ4v) is 2.84. The van der Waals surface area contributed by atoms with Crippen LogP contribution in [-0.4, -0.2) is 41.0 Å². The Bertz CT molecular complexity index is 1030. The maximum atomic E-state index is 13.6. The number of nitrogens with zero attached hydrogens (tertiary/aromatic N) is 2. The van der Waals surface area contributed by atoms with Crippen LogP contribution < -0.4 is 5.56 Å². The van der Waals surface area contributed by atoms with Crippen LogP contribution >= 0.6 is 0 Å². The zero-order valence-corrected chi connectivity index (χ0v) is 15.2. The van der Waals surface area contributed by atoms with Gasteiger partial charge in [0.15, 0.2) is 0 Å². The first-order chi connectivity index (χ1) is 13.0. The lowest BCUT2D eigenvalue weighted by Crippen LogP contribution is -2.35. The summed E-state index contributed by atoms with van der Waals surface area (Å²) in [6.45, 7) is 2.41. The molecule has 0 spiro atoms. The van der Waals surface area contributed by atoms with Crippen LogP contribution in [-0.2, 0) is 11.3 Å². The van der Waals surface area contributed by atoms with E-state index >= 15 is 0 Å². The second-order valence-corrected chi connectivity index (χ2v) is 6.21. The minimum atomic E-state index is -0.479. The van der Waals surface area contributed by atoms with Crippen molar-refractivity contribution < 1.29 is 13.9 Å². The Morgan fingerprint density at radius 3 is 2.81 bits per heavy atom. The van der Waals surface area contributed by atoms with Gasteiger partial charge in [-0.1, -0.05) is 18.2 Å². The van der Waals surface area contributed by atoms with Gasteiger partial charge in [0.1, 0.15) is 11.6 Å². The van der Waals surface area contributed by atoms with Crippen molar-refractivity contribution in [1.82, 2.24) is 14.9 Å². The fraction of sp³-hybridized carbons (Fsp3) is 0.250. The van der Waals surface area contributed by atoms with Crippen LogP contribution in [0.4, 0.5) is 4.39 Å². The van der Waals surface area contributed by atoms with Gasteiger partial charge in [0.2, 0.25) is 0 Å². The van der Waals surface area contributed by atoms with Crippen LogP contribution in [0.5, 0.6) is 0 Å². The van der Waals surface area contributed by atoms with Gasteiger partial charge < -0.3 is 14.6 Å². The van der Waals surface area contributed by atoms with E-state index < -0.39 is 5.82 Å². The lowest BCUT2D eigenvalue weighted by atomic mass is 10.1. The molecule has 1 amide bonds. The Balaban J connectivity index is 1.94. The number of carbonyl (C=O) groups is 1. The summed E-state index contributed by atoms with van der Waals surface area (Å²) in [5, 5.41) is 0.483. The number of benzene rings is 2. The van der Waals surface area contributed by atoms with Gasteiger partial charge in [-0.25, -0.2) is 9.37 Å². The minimum Gasteiger partial charge on any atom is -0.383 e. The van der Waals surface area contributed by atoms with Crippen molar-refractivity contribution in [3.05, 3.63) is 75.6 Å². The van der Waals surface area contributed by atoms with E-state index in [-0.39, 0.29) is 30.1 Å². The molecule has 0 aliphatic carbocycles. The van der Waals surface area contributed by atoms with Crippen molar-refractivity contribution in [3.8, 4) is 0 Å². The molecule has 140 valence electrons. The van der Waals surface area contributed by atoms with Crippen molar-refractivity contribution in [1.29, 1.82) is 0 Å². The number of aryl methyl sites for hydroxylation is 1. The second kappa shape index (κ2) is 8.09. The Hall–Kier alpha value is -3.06. The molecule has 27 heavy (non-hydrogen) atoms. The summed E-state index contributed by atoms with van der Waals surface area (Å²) in [4.78, 5) is 33.9. The molecule has 0 radical (unpaired) electrons. The molecular weight excluding hydrogens is 349 g/mol. The molecule has 0 bridgehead atoms. The molecule has 0 aliphatic rings. The van der Waals surface area contributed by atoms with Gasteiger partial charge >= 0.3 is 0 Å². The number of rotatable bonds is 6. The van der Waals surface area contributed by atoms with Crippen molar-refractivity contribution in [3.63, 3.8) is 0 Å². The van der Waals surface area contributed by atoms with Crippen LogP contribution in [0.1, 0.15) is 21.7 Å². The first-order valence-electron chi connectivity index (χ1n) is 8.52. The molecule has 0 aliphatic heterocycles. The van der Waals surface area contributed by atoms with Crippen molar-refractivity contribution >= 4 is 16.8 Å². The number of hydrogen-bond acceptors (Lipinski definition) is 4. The maximum Gasteiger partial charge on any atom is 0.258 e. The normalized spacial score (nSPS) is 10.9. The van der Waals surface area contributed by atoms with Crippen molar-refractivity contribution in [2.75, 3.05) is 20.3 Å². The van der Waals surface area contributed by atoms with Crippen LogP contribution in [0, 0.1) is 12.7 Å². The van der Waals surface area contributed by atoms with Crippen molar-refractivity contribution in [2.24, 2.45) is 0 Å². The zero-order chi connectivity index (χ0) is 19.4.